The Balaban J connectivity index is 1.71. The van der Waals surface area contributed by atoms with Crippen LogP contribution in [0.4, 0.5) is 0 Å². The van der Waals surface area contributed by atoms with Crippen molar-refractivity contribution in [3.8, 4) is 0 Å². The molecule has 0 aromatic rings. The lowest BCUT2D eigenvalue weighted by molar-refractivity contribution is -0.156. The Labute approximate surface area is 147 Å². The van der Waals surface area contributed by atoms with Gasteiger partial charge in [-0.2, -0.15) is 0 Å². The summed E-state index contributed by atoms with van der Waals surface area (Å²) < 4.78 is 23.3. The molecule has 0 aromatic carbocycles. The number of piperidine rings is 1. The molecule has 0 spiro atoms. The molecule has 3 heterocycles. The van der Waals surface area contributed by atoms with Gasteiger partial charge in [-0.1, -0.05) is 6.92 Å². The molecule has 3 saturated heterocycles. The highest BCUT2D eigenvalue weighted by Crippen LogP contribution is 2.30. The normalized spacial score (nSPS) is 35.2. The van der Waals surface area contributed by atoms with E-state index in [9.17, 15) is 27.9 Å². The summed E-state index contributed by atoms with van der Waals surface area (Å²) in [6.07, 6.45) is 1.96. The Morgan fingerprint density at radius 1 is 1.24 bits per heavy atom. The van der Waals surface area contributed by atoms with Crippen LogP contribution in [0.1, 0.15) is 32.6 Å². The van der Waals surface area contributed by atoms with E-state index in [-0.39, 0.29) is 48.2 Å². The Kier molecular flexibility index (Phi) is 4.78. The number of aliphatic carboxylic acids is 1. The van der Waals surface area contributed by atoms with Crippen molar-refractivity contribution >= 4 is 27.6 Å². The van der Waals surface area contributed by atoms with Crippen molar-refractivity contribution in [1.29, 1.82) is 0 Å². The fourth-order valence-electron chi connectivity index (χ4n) is 4.32. The van der Waals surface area contributed by atoms with Gasteiger partial charge in [0.25, 0.3) is 0 Å². The molecule has 4 atom stereocenters. The van der Waals surface area contributed by atoms with Crippen LogP contribution in [0.15, 0.2) is 0 Å². The third-order valence-corrected chi connectivity index (χ3v) is 7.38. The summed E-state index contributed by atoms with van der Waals surface area (Å²) in [6, 6.07) is -1.21. The van der Waals surface area contributed by atoms with Gasteiger partial charge >= 0.3 is 5.97 Å². The van der Waals surface area contributed by atoms with E-state index in [1.54, 1.807) is 0 Å². The van der Waals surface area contributed by atoms with Crippen molar-refractivity contribution in [2.75, 3.05) is 24.6 Å². The predicted octanol–water partition coefficient (Wildman–Crippen LogP) is -0.266. The van der Waals surface area contributed by atoms with Crippen LogP contribution in [0.3, 0.4) is 0 Å². The number of hydrogen-bond donors (Lipinski definition) is 1. The van der Waals surface area contributed by atoms with Gasteiger partial charge in [0.05, 0.1) is 17.4 Å². The number of carboxylic acid groups (broad SMARTS) is 1. The molecule has 9 heteroatoms. The summed E-state index contributed by atoms with van der Waals surface area (Å²) in [6.45, 7) is 2.41. The molecule has 0 aromatic heterocycles. The molecule has 0 aliphatic carbocycles. The van der Waals surface area contributed by atoms with E-state index in [1.165, 1.54) is 9.80 Å². The molecule has 0 saturated carbocycles. The zero-order valence-corrected chi connectivity index (χ0v) is 15.1. The molecule has 3 fully saturated rings. The van der Waals surface area contributed by atoms with Gasteiger partial charge < -0.3 is 14.9 Å². The summed E-state index contributed by atoms with van der Waals surface area (Å²) in [5, 5.41) is 9.47. The minimum absolute atomic E-state index is 0.0343. The first kappa shape index (κ1) is 18.2. The second-order valence-electron chi connectivity index (χ2n) is 7.44. The first-order valence-corrected chi connectivity index (χ1v) is 10.5. The van der Waals surface area contributed by atoms with Crippen molar-refractivity contribution in [3.05, 3.63) is 0 Å². The van der Waals surface area contributed by atoms with Crippen molar-refractivity contribution in [3.63, 3.8) is 0 Å². The van der Waals surface area contributed by atoms with E-state index in [0.717, 1.165) is 12.8 Å². The molecule has 8 nitrogen and oxygen atoms in total. The first-order chi connectivity index (χ1) is 11.7. The molecule has 3 aliphatic heterocycles. The molecule has 140 valence electrons. The lowest BCUT2D eigenvalue weighted by Gasteiger charge is -2.38. The van der Waals surface area contributed by atoms with Crippen molar-refractivity contribution in [2.24, 2.45) is 11.8 Å². The van der Waals surface area contributed by atoms with Gasteiger partial charge in [0.15, 0.2) is 9.84 Å². The van der Waals surface area contributed by atoms with Crippen LogP contribution >= 0.6 is 0 Å². The number of amides is 2. The van der Waals surface area contributed by atoms with Gasteiger partial charge in [-0.05, 0) is 25.2 Å². The fraction of sp³-hybridized carbons (Fsp3) is 0.812. The van der Waals surface area contributed by atoms with Crippen LogP contribution in [0.2, 0.25) is 0 Å². The molecular formula is C16H24N2O6S. The number of carbonyl (C=O) groups is 3. The number of hydrogen-bond acceptors (Lipinski definition) is 5. The number of rotatable bonds is 3. The quantitative estimate of drug-likeness (QED) is 0.730. The van der Waals surface area contributed by atoms with Crippen molar-refractivity contribution in [2.45, 2.75) is 44.7 Å². The summed E-state index contributed by atoms with van der Waals surface area (Å²) in [5.74, 6) is -2.19. The van der Waals surface area contributed by atoms with E-state index in [0.29, 0.717) is 13.0 Å². The predicted molar refractivity (Wildman–Crippen MR) is 88.4 cm³/mol. The maximum Gasteiger partial charge on any atom is 0.326 e. The van der Waals surface area contributed by atoms with Crippen LogP contribution in [-0.4, -0.2) is 77.8 Å². The van der Waals surface area contributed by atoms with Crippen molar-refractivity contribution < 1.29 is 27.9 Å². The van der Waals surface area contributed by atoms with E-state index < -0.39 is 27.8 Å². The first-order valence-electron chi connectivity index (χ1n) is 8.73. The average Bonchev–Trinajstić information content (AvgIpc) is 3.08. The molecular weight excluding hydrogens is 348 g/mol. The number of sulfone groups is 1. The van der Waals surface area contributed by atoms with Crippen LogP contribution in [0.25, 0.3) is 0 Å². The molecule has 25 heavy (non-hydrogen) atoms. The second kappa shape index (κ2) is 6.59. The highest BCUT2D eigenvalue weighted by atomic mass is 32.2. The van der Waals surface area contributed by atoms with Gasteiger partial charge in [-0.3, -0.25) is 9.59 Å². The molecule has 3 aliphatic rings. The van der Waals surface area contributed by atoms with Crippen LogP contribution in [-0.2, 0) is 24.2 Å². The van der Waals surface area contributed by atoms with Crippen LogP contribution < -0.4 is 0 Å². The number of carboxylic acids is 1. The lowest BCUT2D eigenvalue weighted by Crippen LogP contribution is -2.54. The molecule has 2 amide bonds. The maximum atomic E-state index is 12.9. The molecule has 0 bridgehead atoms. The zero-order valence-electron chi connectivity index (χ0n) is 14.3. The van der Waals surface area contributed by atoms with E-state index in [1.807, 2.05) is 6.92 Å². The Hall–Kier alpha value is -1.64. The largest absolute Gasteiger partial charge is 0.480 e. The maximum absolute atomic E-state index is 12.9. The zero-order chi connectivity index (χ0) is 18.4. The van der Waals surface area contributed by atoms with Gasteiger partial charge in [0.2, 0.25) is 11.8 Å². The van der Waals surface area contributed by atoms with Crippen LogP contribution in [0.5, 0.6) is 0 Å². The molecule has 1 N–H and O–H groups in total. The Bertz CT molecular complexity index is 691. The monoisotopic (exact) mass is 372 g/mol. The Morgan fingerprint density at radius 3 is 2.56 bits per heavy atom. The number of likely N-dealkylation sites (tertiary alicyclic amines) is 2. The smallest absolute Gasteiger partial charge is 0.326 e. The highest BCUT2D eigenvalue weighted by Gasteiger charge is 2.45. The van der Waals surface area contributed by atoms with E-state index in [4.69, 9.17) is 0 Å². The molecule has 0 radical (unpaired) electrons. The third kappa shape index (κ3) is 3.51. The summed E-state index contributed by atoms with van der Waals surface area (Å²) >= 11 is 0. The SMILES string of the molecule is CC1CCCN(C(=O)C2CC(=O)N(C3CCS(=O)(=O)C3)C2)C1C(=O)O. The number of carbonyl (C=O) groups excluding carboxylic acids is 2. The summed E-state index contributed by atoms with van der Waals surface area (Å²) in [7, 11) is -3.11. The average molecular weight is 372 g/mol. The van der Waals surface area contributed by atoms with E-state index >= 15 is 0 Å². The van der Waals surface area contributed by atoms with E-state index in [2.05, 4.69) is 0 Å². The van der Waals surface area contributed by atoms with Gasteiger partial charge in [-0.25, -0.2) is 13.2 Å². The highest BCUT2D eigenvalue weighted by molar-refractivity contribution is 7.91. The van der Waals surface area contributed by atoms with Gasteiger partial charge in [0.1, 0.15) is 6.04 Å². The van der Waals surface area contributed by atoms with Crippen molar-refractivity contribution in [1.82, 2.24) is 9.80 Å². The standard InChI is InChI=1S/C16H24N2O6S/c1-10-3-2-5-17(14(10)16(21)22)15(20)11-7-13(19)18(8-11)12-4-6-25(23,24)9-12/h10-12,14H,2-9H2,1H3,(H,21,22). The molecule has 4 unspecified atom stereocenters. The topological polar surface area (TPSA) is 112 Å². The third-order valence-electron chi connectivity index (χ3n) is 5.63. The molecule has 3 rings (SSSR count). The Morgan fingerprint density at radius 2 is 1.96 bits per heavy atom. The van der Waals surface area contributed by atoms with Gasteiger partial charge in [-0.15, -0.1) is 0 Å². The minimum Gasteiger partial charge on any atom is -0.480 e. The van der Waals surface area contributed by atoms with Crippen LogP contribution in [0, 0.1) is 11.8 Å². The number of nitrogens with zero attached hydrogens (tertiary/aromatic N) is 2. The lowest BCUT2D eigenvalue weighted by atomic mass is 9.89. The summed E-state index contributed by atoms with van der Waals surface area (Å²) in [5.41, 5.74) is 0. The minimum atomic E-state index is -3.11. The second-order valence-corrected chi connectivity index (χ2v) is 9.67. The van der Waals surface area contributed by atoms with Gasteiger partial charge in [0, 0.05) is 25.6 Å². The summed E-state index contributed by atoms with van der Waals surface area (Å²) in [4.78, 5) is 39.6. The fourth-order valence-corrected chi connectivity index (χ4v) is 6.05.